The largest absolute Gasteiger partial charge is 0.392 e. The van der Waals surface area contributed by atoms with Crippen molar-refractivity contribution in [1.29, 1.82) is 0 Å². The van der Waals surface area contributed by atoms with Gasteiger partial charge in [-0.15, -0.1) is 0 Å². The van der Waals surface area contributed by atoms with E-state index in [0.29, 0.717) is 6.54 Å². The fraction of sp³-hybridized carbons (Fsp3) is 0.316. The second-order valence-corrected chi connectivity index (χ2v) is 5.99. The van der Waals surface area contributed by atoms with Crippen LogP contribution in [-0.2, 0) is 11.2 Å². The maximum Gasteiger partial charge on any atom is 0.246 e. The van der Waals surface area contributed by atoms with Gasteiger partial charge in [0.15, 0.2) is 0 Å². The molecule has 0 radical (unpaired) electrons. The highest BCUT2D eigenvalue weighted by atomic mass is 16.3. The van der Waals surface area contributed by atoms with E-state index in [2.05, 4.69) is 6.07 Å². The zero-order valence-electron chi connectivity index (χ0n) is 13.4. The molecule has 1 heterocycles. The van der Waals surface area contributed by atoms with E-state index >= 15 is 0 Å². The van der Waals surface area contributed by atoms with E-state index in [-0.39, 0.29) is 12.5 Å². The maximum atomic E-state index is 12.8. The number of aliphatic hydroxyl groups excluding tert-OH is 1. The Bertz CT molecular complexity index is 670. The topological polar surface area (TPSA) is 43.8 Å². The Morgan fingerprint density at radius 1 is 1.17 bits per heavy atom. The number of nitrogens with zero attached hydrogens (tertiary/aromatic N) is 2. The Kier molecular flexibility index (Phi) is 4.63. The predicted octanol–water partition coefficient (Wildman–Crippen LogP) is 2.46. The van der Waals surface area contributed by atoms with Crippen molar-refractivity contribution >= 4 is 17.3 Å². The van der Waals surface area contributed by atoms with Crippen molar-refractivity contribution in [3.8, 4) is 0 Å². The predicted molar refractivity (Wildman–Crippen MR) is 92.8 cm³/mol. The van der Waals surface area contributed by atoms with Crippen LogP contribution in [0, 0.1) is 0 Å². The summed E-state index contributed by atoms with van der Waals surface area (Å²) in [5, 5.41) is 9.75. The fourth-order valence-electron chi connectivity index (χ4n) is 3.06. The van der Waals surface area contributed by atoms with Crippen LogP contribution in [0.5, 0.6) is 0 Å². The van der Waals surface area contributed by atoms with Crippen molar-refractivity contribution in [1.82, 2.24) is 0 Å². The van der Waals surface area contributed by atoms with Gasteiger partial charge >= 0.3 is 0 Å². The molecule has 4 heteroatoms. The zero-order chi connectivity index (χ0) is 16.2. The van der Waals surface area contributed by atoms with Crippen LogP contribution in [0.1, 0.15) is 12.5 Å². The van der Waals surface area contributed by atoms with Gasteiger partial charge in [0.1, 0.15) is 0 Å². The maximum absolute atomic E-state index is 12.8. The average molecular weight is 310 g/mol. The van der Waals surface area contributed by atoms with E-state index in [9.17, 15) is 9.90 Å². The lowest BCUT2D eigenvalue weighted by molar-refractivity contribution is -0.117. The van der Waals surface area contributed by atoms with Crippen LogP contribution in [0.15, 0.2) is 54.6 Å². The molecule has 0 fully saturated rings. The lowest BCUT2D eigenvalue weighted by atomic mass is 10.2. The van der Waals surface area contributed by atoms with Gasteiger partial charge in [0, 0.05) is 24.5 Å². The minimum Gasteiger partial charge on any atom is -0.392 e. The highest BCUT2D eigenvalue weighted by molar-refractivity contribution is 5.98. The number of carbonyl (C=O) groups excluding carboxylic acids is 1. The van der Waals surface area contributed by atoms with Crippen LogP contribution in [-0.4, -0.2) is 36.8 Å². The van der Waals surface area contributed by atoms with E-state index in [1.54, 1.807) is 6.92 Å². The zero-order valence-corrected chi connectivity index (χ0v) is 13.4. The van der Waals surface area contributed by atoms with E-state index < -0.39 is 6.10 Å². The quantitative estimate of drug-likeness (QED) is 0.922. The van der Waals surface area contributed by atoms with E-state index in [1.807, 2.05) is 58.3 Å². The Morgan fingerprint density at radius 2 is 1.87 bits per heavy atom. The molecule has 3 rings (SSSR count). The molecule has 2 aromatic carbocycles. The van der Waals surface area contributed by atoms with Gasteiger partial charge < -0.3 is 14.9 Å². The lowest BCUT2D eigenvalue weighted by Gasteiger charge is -2.28. The molecule has 1 aliphatic rings. The molecule has 0 bridgehead atoms. The van der Waals surface area contributed by atoms with Crippen LogP contribution >= 0.6 is 0 Å². The van der Waals surface area contributed by atoms with E-state index in [1.165, 1.54) is 5.56 Å². The van der Waals surface area contributed by atoms with Crippen molar-refractivity contribution in [2.45, 2.75) is 19.4 Å². The lowest BCUT2D eigenvalue weighted by Crippen LogP contribution is -2.42. The van der Waals surface area contributed by atoms with Gasteiger partial charge in [-0.3, -0.25) is 4.79 Å². The summed E-state index contributed by atoms with van der Waals surface area (Å²) < 4.78 is 0. The van der Waals surface area contributed by atoms with Crippen molar-refractivity contribution in [2.24, 2.45) is 0 Å². The summed E-state index contributed by atoms with van der Waals surface area (Å²) >= 11 is 0. The summed E-state index contributed by atoms with van der Waals surface area (Å²) in [4.78, 5) is 16.6. The summed E-state index contributed by atoms with van der Waals surface area (Å²) in [5.74, 6) is 0.0689. The SMILES string of the molecule is C[C@H](O)CN(CC(=O)N1CCc2ccccc21)c1ccccc1. The average Bonchev–Trinajstić information content (AvgIpc) is 2.99. The number of anilines is 2. The first kappa shape index (κ1) is 15.6. The first-order valence-corrected chi connectivity index (χ1v) is 8.01. The molecule has 1 amide bonds. The fourth-order valence-corrected chi connectivity index (χ4v) is 3.06. The molecule has 4 nitrogen and oxygen atoms in total. The van der Waals surface area contributed by atoms with Crippen molar-refractivity contribution in [2.75, 3.05) is 29.4 Å². The van der Waals surface area contributed by atoms with Gasteiger partial charge in [-0.1, -0.05) is 36.4 Å². The molecule has 0 saturated carbocycles. The van der Waals surface area contributed by atoms with Crippen LogP contribution < -0.4 is 9.80 Å². The molecular weight excluding hydrogens is 288 g/mol. The van der Waals surface area contributed by atoms with Crippen LogP contribution in [0.3, 0.4) is 0 Å². The first-order valence-electron chi connectivity index (χ1n) is 8.01. The number of fused-ring (bicyclic) bond motifs is 1. The Balaban J connectivity index is 1.77. The molecule has 1 aliphatic heterocycles. The summed E-state index contributed by atoms with van der Waals surface area (Å²) in [6.07, 6.45) is 0.415. The summed E-state index contributed by atoms with van der Waals surface area (Å²) in [7, 11) is 0. The molecule has 2 aromatic rings. The minimum absolute atomic E-state index is 0.0689. The number of aliphatic hydroxyl groups is 1. The number of rotatable bonds is 5. The smallest absolute Gasteiger partial charge is 0.246 e. The molecule has 0 unspecified atom stereocenters. The number of hydrogen-bond donors (Lipinski definition) is 1. The molecule has 0 aromatic heterocycles. The van der Waals surface area contributed by atoms with Crippen molar-refractivity contribution in [3.05, 3.63) is 60.2 Å². The highest BCUT2D eigenvalue weighted by Gasteiger charge is 2.25. The molecular formula is C19H22N2O2. The summed E-state index contributed by atoms with van der Waals surface area (Å²) in [6, 6.07) is 17.8. The third-order valence-corrected chi connectivity index (χ3v) is 4.12. The van der Waals surface area contributed by atoms with Gasteiger partial charge in [0.25, 0.3) is 0 Å². The van der Waals surface area contributed by atoms with Gasteiger partial charge in [0.2, 0.25) is 5.91 Å². The van der Waals surface area contributed by atoms with Gasteiger partial charge in [-0.05, 0) is 37.1 Å². The second kappa shape index (κ2) is 6.84. The number of amides is 1. The highest BCUT2D eigenvalue weighted by Crippen LogP contribution is 2.27. The number of hydrogen-bond acceptors (Lipinski definition) is 3. The van der Waals surface area contributed by atoms with Gasteiger partial charge in [-0.25, -0.2) is 0 Å². The van der Waals surface area contributed by atoms with Crippen LogP contribution in [0.2, 0.25) is 0 Å². The standard InChI is InChI=1S/C19H22N2O2/c1-15(22)13-20(17-8-3-2-4-9-17)14-19(23)21-12-11-16-7-5-6-10-18(16)21/h2-10,15,22H,11-14H2,1H3/t15-/m0/s1. The minimum atomic E-state index is -0.492. The number of benzene rings is 2. The molecule has 0 spiro atoms. The molecule has 23 heavy (non-hydrogen) atoms. The van der Waals surface area contributed by atoms with Crippen LogP contribution in [0.4, 0.5) is 11.4 Å². The third kappa shape index (κ3) is 3.54. The van der Waals surface area contributed by atoms with E-state index in [0.717, 1.165) is 24.3 Å². The van der Waals surface area contributed by atoms with E-state index in [4.69, 9.17) is 0 Å². The number of carbonyl (C=O) groups is 1. The molecule has 1 N–H and O–H groups in total. The van der Waals surface area contributed by atoms with Gasteiger partial charge in [-0.2, -0.15) is 0 Å². The Labute approximate surface area is 137 Å². The van der Waals surface area contributed by atoms with Gasteiger partial charge in [0.05, 0.1) is 12.6 Å². The summed E-state index contributed by atoms with van der Waals surface area (Å²) in [6.45, 7) is 3.18. The second-order valence-electron chi connectivity index (χ2n) is 5.99. The van der Waals surface area contributed by atoms with Crippen LogP contribution in [0.25, 0.3) is 0 Å². The number of para-hydroxylation sites is 2. The first-order chi connectivity index (χ1) is 11.1. The Morgan fingerprint density at radius 3 is 2.61 bits per heavy atom. The Hall–Kier alpha value is -2.33. The molecule has 0 aliphatic carbocycles. The molecule has 0 saturated heterocycles. The molecule has 1 atom stereocenters. The van der Waals surface area contributed by atoms with Crippen molar-refractivity contribution < 1.29 is 9.90 Å². The monoisotopic (exact) mass is 310 g/mol. The normalized spacial score (nSPS) is 14.4. The molecule has 120 valence electrons. The summed E-state index contributed by atoms with van der Waals surface area (Å²) in [5.41, 5.74) is 3.19. The van der Waals surface area contributed by atoms with Crippen molar-refractivity contribution in [3.63, 3.8) is 0 Å². The third-order valence-electron chi connectivity index (χ3n) is 4.12.